The molecule has 1 rings (SSSR count). The van der Waals surface area contributed by atoms with Crippen LogP contribution in [0, 0.1) is 23.2 Å². The number of nitrogen functional groups attached to an aromatic ring is 1. The summed E-state index contributed by atoms with van der Waals surface area (Å²) in [7, 11) is 0. The number of carboxylic acids is 1. The van der Waals surface area contributed by atoms with E-state index >= 15 is 0 Å². The number of rotatable bonds is 1. The zero-order valence-corrected chi connectivity index (χ0v) is 7.11. The molecule has 0 aliphatic rings. The maximum Gasteiger partial charge on any atom is 0.337 e. The quantitative estimate of drug-likeness (QED) is 0.502. The zero-order chi connectivity index (χ0) is 10.6. The van der Waals surface area contributed by atoms with Gasteiger partial charge in [0, 0.05) is 17.2 Å². The molecule has 0 saturated carbocycles. The van der Waals surface area contributed by atoms with Gasteiger partial charge in [-0.25, -0.2) is 4.79 Å². The fourth-order valence-corrected chi connectivity index (χ4v) is 0.935. The molecule has 0 radical (unpaired) electrons. The Hall–Kier alpha value is -2.46. The molecule has 0 spiro atoms. The van der Waals surface area contributed by atoms with Crippen molar-refractivity contribution in [1.29, 1.82) is 5.26 Å². The van der Waals surface area contributed by atoms with E-state index in [1.807, 2.05) is 0 Å². The van der Waals surface area contributed by atoms with E-state index in [4.69, 9.17) is 16.1 Å². The molecule has 4 nitrogen and oxygen atoms in total. The summed E-state index contributed by atoms with van der Waals surface area (Å²) in [6.45, 7) is 0. The van der Waals surface area contributed by atoms with Crippen molar-refractivity contribution in [2.75, 3.05) is 5.73 Å². The van der Waals surface area contributed by atoms with Gasteiger partial charge in [-0.3, -0.25) is 0 Å². The van der Waals surface area contributed by atoms with Crippen molar-refractivity contribution >= 4 is 11.7 Å². The van der Waals surface area contributed by atoms with Crippen molar-refractivity contribution in [2.24, 2.45) is 0 Å². The van der Waals surface area contributed by atoms with Crippen LogP contribution < -0.4 is 5.73 Å². The second-order valence-electron chi connectivity index (χ2n) is 2.47. The van der Waals surface area contributed by atoms with Gasteiger partial charge in [0.2, 0.25) is 0 Å². The maximum absolute atomic E-state index is 10.6. The molecule has 68 valence electrons. The van der Waals surface area contributed by atoms with Gasteiger partial charge in [-0.05, 0) is 18.2 Å². The summed E-state index contributed by atoms with van der Waals surface area (Å²) in [5.74, 6) is 3.63. The molecule has 0 saturated heterocycles. The van der Waals surface area contributed by atoms with E-state index in [0.717, 1.165) is 0 Å². The molecule has 0 aromatic heterocycles. The first-order valence-corrected chi connectivity index (χ1v) is 3.68. The van der Waals surface area contributed by atoms with Crippen LogP contribution >= 0.6 is 0 Å². The Morgan fingerprint density at radius 2 is 2.21 bits per heavy atom. The van der Waals surface area contributed by atoms with Crippen LogP contribution in [0.25, 0.3) is 0 Å². The Balaban J connectivity index is 3.14. The van der Waals surface area contributed by atoms with E-state index in [9.17, 15) is 4.79 Å². The Bertz CT molecular complexity index is 475. The summed E-state index contributed by atoms with van der Waals surface area (Å²) in [4.78, 5) is 10.6. The minimum atomic E-state index is -1.08. The first-order chi connectivity index (χ1) is 6.65. The van der Waals surface area contributed by atoms with E-state index in [1.54, 1.807) is 6.07 Å². The van der Waals surface area contributed by atoms with Crippen LogP contribution in [-0.2, 0) is 0 Å². The largest absolute Gasteiger partial charge is 0.478 e. The highest BCUT2D eigenvalue weighted by molar-refractivity contribution is 5.93. The van der Waals surface area contributed by atoms with Crippen molar-refractivity contribution in [2.45, 2.75) is 0 Å². The van der Waals surface area contributed by atoms with Crippen LogP contribution in [-0.4, -0.2) is 11.1 Å². The summed E-state index contributed by atoms with van der Waals surface area (Å²) in [6, 6.07) is 5.94. The Morgan fingerprint density at radius 1 is 1.50 bits per heavy atom. The van der Waals surface area contributed by atoms with Gasteiger partial charge in [0.25, 0.3) is 0 Å². The van der Waals surface area contributed by atoms with Gasteiger partial charge >= 0.3 is 5.97 Å². The molecule has 0 fully saturated rings. The topological polar surface area (TPSA) is 87.1 Å². The number of hydrogen-bond acceptors (Lipinski definition) is 3. The molecule has 0 atom stereocenters. The van der Waals surface area contributed by atoms with Crippen molar-refractivity contribution in [3.63, 3.8) is 0 Å². The van der Waals surface area contributed by atoms with E-state index in [1.165, 1.54) is 18.2 Å². The predicted octanol–water partition coefficient (Wildman–Crippen LogP) is 0.842. The van der Waals surface area contributed by atoms with E-state index in [2.05, 4.69) is 11.8 Å². The average molecular weight is 186 g/mol. The minimum absolute atomic E-state index is 0.0347. The molecule has 0 amide bonds. The fraction of sp³-hybridized carbons (Fsp3) is 0. The molecular formula is C10H6N2O2. The van der Waals surface area contributed by atoms with E-state index in [0.29, 0.717) is 5.56 Å². The molecule has 1 aromatic carbocycles. The van der Waals surface area contributed by atoms with Gasteiger partial charge in [-0.1, -0.05) is 5.92 Å². The number of carbonyl (C=O) groups is 1. The molecule has 0 aliphatic carbocycles. The van der Waals surface area contributed by atoms with Crippen LogP contribution in [0.5, 0.6) is 0 Å². The van der Waals surface area contributed by atoms with Gasteiger partial charge in [-0.2, -0.15) is 5.26 Å². The predicted molar refractivity (Wildman–Crippen MR) is 50.3 cm³/mol. The molecule has 14 heavy (non-hydrogen) atoms. The standard InChI is InChI=1S/C10H6N2O2/c11-5-1-2-7-3-4-8(10(13)14)9(12)6-7/h3-4,6H,12H2,(H,13,14). The lowest BCUT2D eigenvalue weighted by atomic mass is 10.1. The lowest BCUT2D eigenvalue weighted by Gasteiger charge is -1.99. The van der Waals surface area contributed by atoms with Crippen molar-refractivity contribution < 1.29 is 9.90 Å². The number of anilines is 1. The summed E-state index contributed by atoms with van der Waals surface area (Å²) in [5.41, 5.74) is 6.16. The number of nitriles is 1. The van der Waals surface area contributed by atoms with Crippen LogP contribution in [0.2, 0.25) is 0 Å². The summed E-state index contributed by atoms with van der Waals surface area (Å²) >= 11 is 0. The molecular weight excluding hydrogens is 180 g/mol. The summed E-state index contributed by atoms with van der Waals surface area (Å²) < 4.78 is 0. The van der Waals surface area contributed by atoms with Crippen molar-refractivity contribution in [1.82, 2.24) is 0 Å². The smallest absolute Gasteiger partial charge is 0.337 e. The van der Waals surface area contributed by atoms with Gasteiger partial charge in [0.1, 0.15) is 0 Å². The number of nitrogens with zero attached hydrogens (tertiary/aromatic N) is 1. The first-order valence-electron chi connectivity index (χ1n) is 3.68. The minimum Gasteiger partial charge on any atom is -0.478 e. The van der Waals surface area contributed by atoms with E-state index < -0.39 is 5.97 Å². The third-order valence-electron chi connectivity index (χ3n) is 1.54. The third kappa shape index (κ3) is 2.02. The molecule has 1 aromatic rings. The highest BCUT2D eigenvalue weighted by Gasteiger charge is 2.06. The maximum atomic E-state index is 10.6. The number of aromatic carboxylic acids is 1. The summed E-state index contributed by atoms with van der Waals surface area (Å²) in [5, 5.41) is 16.9. The van der Waals surface area contributed by atoms with Gasteiger partial charge < -0.3 is 10.8 Å². The number of benzene rings is 1. The van der Waals surface area contributed by atoms with Crippen molar-refractivity contribution in [3.05, 3.63) is 29.3 Å². The molecule has 0 unspecified atom stereocenters. The third-order valence-corrected chi connectivity index (χ3v) is 1.54. The lowest BCUT2D eigenvalue weighted by Crippen LogP contribution is -2.02. The lowest BCUT2D eigenvalue weighted by molar-refractivity contribution is 0.0698. The zero-order valence-electron chi connectivity index (χ0n) is 7.11. The van der Waals surface area contributed by atoms with Crippen LogP contribution in [0.15, 0.2) is 18.2 Å². The second-order valence-corrected chi connectivity index (χ2v) is 2.47. The van der Waals surface area contributed by atoms with Gasteiger partial charge in [0.15, 0.2) is 6.07 Å². The molecule has 0 bridgehead atoms. The Labute approximate surface area is 80.6 Å². The fourth-order valence-electron chi connectivity index (χ4n) is 0.935. The van der Waals surface area contributed by atoms with E-state index in [-0.39, 0.29) is 11.3 Å². The first kappa shape index (κ1) is 9.63. The van der Waals surface area contributed by atoms with Crippen LogP contribution in [0.4, 0.5) is 5.69 Å². The molecule has 4 heteroatoms. The normalized spacial score (nSPS) is 8.21. The van der Waals surface area contributed by atoms with Crippen LogP contribution in [0.1, 0.15) is 15.9 Å². The Morgan fingerprint density at radius 3 is 2.71 bits per heavy atom. The molecule has 0 aliphatic heterocycles. The molecule has 0 heterocycles. The Kier molecular flexibility index (Phi) is 2.73. The number of nitrogens with two attached hydrogens (primary N) is 1. The number of carboxylic acid groups (broad SMARTS) is 1. The van der Waals surface area contributed by atoms with Crippen LogP contribution in [0.3, 0.4) is 0 Å². The highest BCUT2D eigenvalue weighted by Crippen LogP contribution is 2.13. The van der Waals surface area contributed by atoms with Crippen molar-refractivity contribution in [3.8, 4) is 17.9 Å². The van der Waals surface area contributed by atoms with Gasteiger partial charge in [-0.15, -0.1) is 0 Å². The number of hydrogen-bond donors (Lipinski definition) is 2. The second kappa shape index (κ2) is 3.97. The molecule has 3 N–H and O–H groups in total. The average Bonchev–Trinajstić information content (AvgIpc) is 2.14. The van der Waals surface area contributed by atoms with Gasteiger partial charge in [0.05, 0.1) is 5.56 Å². The SMILES string of the molecule is N#CC#Cc1ccc(C(=O)O)c(N)c1. The highest BCUT2D eigenvalue weighted by atomic mass is 16.4. The monoisotopic (exact) mass is 186 g/mol. The summed E-state index contributed by atoms with van der Waals surface area (Å²) in [6.07, 6.45) is 0.